The summed E-state index contributed by atoms with van der Waals surface area (Å²) < 4.78 is 1.53. The Balaban J connectivity index is 1.83. The number of amides is 2. The number of carboxylic acid groups (broad SMARTS) is 1. The highest BCUT2D eigenvalue weighted by Crippen LogP contribution is 2.31. The smallest absolute Gasteiger partial charge is 0.329 e. The molecule has 1 aliphatic carbocycles. The summed E-state index contributed by atoms with van der Waals surface area (Å²) in [5.74, 6) is -0.509. The maximum Gasteiger partial charge on any atom is 0.329 e. The van der Waals surface area contributed by atoms with Crippen molar-refractivity contribution in [3.05, 3.63) is 12.2 Å². The molecule has 1 aromatic rings. The third kappa shape index (κ3) is 2.41. The van der Waals surface area contributed by atoms with Crippen LogP contribution in [0.25, 0.3) is 0 Å². The van der Waals surface area contributed by atoms with E-state index in [1.807, 2.05) is 0 Å². The van der Waals surface area contributed by atoms with Gasteiger partial charge in [0, 0.05) is 7.05 Å². The molecule has 0 unspecified atom stereocenters. The fourth-order valence-electron chi connectivity index (χ4n) is 1.81. The van der Waals surface area contributed by atoms with Crippen LogP contribution in [0.1, 0.15) is 25.1 Å². The average molecular weight is 253 g/mol. The molecule has 1 aromatic heterocycles. The number of carbonyl (C=O) groups excluding carboxylic acids is 1. The predicted molar refractivity (Wildman–Crippen MR) is 60.6 cm³/mol. The van der Waals surface area contributed by atoms with Crippen molar-refractivity contribution in [2.75, 3.05) is 0 Å². The fraction of sp³-hybridized carbons (Fsp3) is 0.600. The molecule has 98 valence electrons. The molecule has 0 bridgehead atoms. The number of nitrogens with one attached hydrogen (secondary N) is 2. The maximum absolute atomic E-state index is 11.6. The molecule has 0 atom stereocenters. The summed E-state index contributed by atoms with van der Waals surface area (Å²) in [6.07, 6.45) is 3.28. The molecule has 0 spiro atoms. The van der Waals surface area contributed by atoms with Crippen LogP contribution in [0.15, 0.2) is 6.33 Å². The largest absolute Gasteiger partial charge is 0.480 e. The van der Waals surface area contributed by atoms with Crippen LogP contribution in [-0.4, -0.2) is 37.4 Å². The number of aliphatic carboxylic acids is 1. The monoisotopic (exact) mass is 253 g/mol. The van der Waals surface area contributed by atoms with E-state index in [1.165, 1.54) is 11.0 Å². The highest BCUT2D eigenvalue weighted by Gasteiger charge is 2.45. The first-order valence-corrected chi connectivity index (χ1v) is 5.66. The second-order valence-electron chi connectivity index (χ2n) is 4.38. The third-order valence-electron chi connectivity index (χ3n) is 3.02. The second-order valence-corrected chi connectivity index (χ2v) is 4.38. The summed E-state index contributed by atoms with van der Waals surface area (Å²) in [6.45, 7) is 0.169. The number of hydrogen-bond donors (Lipinski definition) is 3. The van der Waals surface area contributed by atoms with Crippen LogP contribution in [0.5, 0.6) is 0 Å². The van der Waals surface area contributed by atoms with Gasteiger partial charge >= 0.3 is 12.0 Å². The van der Waals surface area contributed by atoms with Crippen LogP contribution in [0.4, 0.5) is 4.79 Å². The van der Waals surface area contributed by atoms with Crippen LogP contribution in [0, 0.1) is 0 Å². The van der Waals surface area contributed by atoms with Crippen LogP contribution >= 0.6 is 0 Å². The normalized spacial score (nSPS) is 16.7. The van der Waals surface area contributed by atoms with Gasteiger partial charge in [0.2, 0.25) is 0 Å². The van der Waals surface area contributed by atoms with E-state index >= 15 is 0 Å². The Morgan fingerprint density at radius 2 is 2.28 bits per heavy atom. The first-order valence-electron chi connectivity index (χ1n) is 5.66. The van der Waals surface area contributed by atoms with Crippen molar-refractivity contribution < 1.29 is 14.7 Å². The van der Waals surface area contributed by atoms with E-state index in [2.05, 4.69) is 20.7 Å². The first kappa shape index (κ1) is 12.3. The van der Waals surface area contributed by atoms with Crippen LogP contribution in [-0.2, 0) is 18.4 Å². The second kappa shape index (κ2) is 4.63. The zero-order chi connectivity index (χ0) is 13.2. The number of hydrogen-bond acceptors (Lipinski definition) is 4. The van der Waals surface area contributed by atoms with Gasteiger partial charge in [-0.25, -0.2) is 14.6 Å². The molecule has 8 heteroatoms. The lowest BCUT2D eigenvalue weighted by Gasteiger charge is -2.38. The summed E-state index contributed by atoms with van der Waals surface area (Å²) in [4.78, 5) is 26.6. The van der Waals surface area contributed by atoms with Gasteiger partial charge in [-0.3, -0.25) is 4.68 Å². The van der Waals surface area contributed by atoms with Crippen LogP contribution in [0.3, 0.4) is 0 Å². The van der Waals surface area contributed by atoms with E-state index < -0.39 is 17.5 Å². The Bertz CT molecular complexity index is 466. The Kier molecular flexibility index (Phi) is 3.17. The van der Waals surface area contributed by atoms with Crippen LogP contribution in [0.2, 0.25) is 0 Å². The first-order chi connectivity index (χ1) is 8.52. The van der Waals surface area contributed by atoms with Crippen molar-refractivity contribution in [1.82, 2.24) is 25.4 Å². The quantitative estimate of drug-likeness (QED) is 0.677. The Labute approximate surface area is 103 Å². The number of aromatic nitrogens is 3. The number of urea groups is 1. The molecular formula is C10H15N5O3. The van der Waals surface area contributed by atoms with Crippen molar-refractivity contribution in [3.8, 4) is 0 Å². The fourth-order valence-corrected chi connectivity index (χ4v) is 1.81. The van der Waals surface area contributed by atoms with Gasteiger partial charge in [0.15, 0.2) is 5.82 Å². The van der Waals surface area contributed by atoms with Crippen molar-refractivity contribution >= 4 is 12.0 Å². The van der Waals surface area contributed by atoms with Crippen molar-refractivity contribution in [2.45, 2.75) is 31.3 Å². The summed E-state index contributed by atoms with van der Waals surface area (Å²) >= 11 is 0. The van der Waals surface area contributed by atoms with E-state index in [-0.39, 0.29) is 6.54 Å². The van der Waals surface area contributed by atoms with E-state index in [0.29, 0.717) is 18.7 Å². The van der Waals surface area contributed by atoms with Gasteiger partial charge in [-0.15, -0.1) is 0 Å². The van der Waals surface area contributed by atoms with Crippen LogP contribution < -0.4 is 10.6 Å². The minimum absolute atomic E-state index is 0.169. The molecule has 0 aromatic carbocycles. The molecule has 2 rings (SSSR count). The van der Waals surface area contributed by atoms with Gasteiger partial charge in [-0.2, -0.15) is 5.10 Å². The Morgan fingerprint density at radius 1 is 1.56 bits per heavy atom. The Hall–Kier alpha value is -2.12. The number of rotatable bonds is 4. The lowest BCUT2D eigenvalue weighted by molar-refractivity contribution is -0.148. The molecule has 8 nitrogen and oxygen atoms in total. The lowest BCUT2D eigenvalue weighted by atomic mass is 9.77. The standard InChI is InChI=1S/C10H15N5O3/c1-15-6-12-7(14-15)5-11-9(18)13-10(8(16)17)3-2-4-10/h6H,2-5H2,1H3,(H,16,17)(H2,11,13,18). The molecule has 1 aliphatic rings. The summed E-state index contributed by atoms with van der Waals surface area (Å²) in [6, 6.07) is -0.510. The Morgan fingerprint density at radius 3 is 2.72 bits per heavy atom. The van der Waals surface area contributed by atoms with Gasteiger partial charge in [-0.1, -0.05) is 0 Å². The van der Waals surface area contributed by atoms with Crippen molar-refractivity contribution in [1.29, 1.82) is 0 Å². The molecule has 1 saturated carbocycles. The highest BCUT2D eigenvalue weighted by molar-refractivity contribution is 5.87. The number of carbonyl (C=O) groups is 2. The van der Waals surface area contributed by atoms with Gasteiger partial charge < -0.3 is 15.7 Å². The molecule has 18 heavy (non-hydrogen) atoms. The zero-order valence-corrected chi connectivity index (χ0v) is 10.0. The van der Waals surface area contributed by atoms with Gasteiger partial charge in [0.05, 0.1) is 6.54 Å². The third-order valence-corrected chi connectivity index (χ3v) is 3.02. The molecular weight excluding hydrogens is 238 g/mol. The van der Waals surface area contributed by atoms with Crippen molar-refractivity contribution in [2.24, 2.45) is 7.05 Å². The van der Waals surface area contributed by atoms with E-state index in [9.17, 15) is 9.59 Å². The predicted octanol–water partition coefficient (Wildman–Crippen LogP) is -0.378. The van der Waals surface area contributed by atoms with Gasteiger partial charge in [-0.05, 0) is 19.3 Å². The highest BCUT2D eigenvalue weighted by atomic mass is 16.4. The lowest BCUT2D eigenvalue weighted by Crippen LogP contribution is -2.61. The summed E-state index contributed by atoms with van der Waals surface area (Å²) in [5.41, 5.74) is -1.10. The van der Waals surface area contributed by atoms with Gasteiger partial charge in [0.1, 0.15) is 11.9 Å². The number of carboxylic acids is 1. The maximum atomic E-state index is 11.6. The molecule has 1 fully saturated rings. The summed E-state index contributed by atoms with van der Waals surface area (Å²) in [7, 11) is 1.73. The molecule has 1 heterocycles. The van der Waals surface area contributed by atoms with Gasteiger partial charge in [0.25, 0.3) is 0 Å². The minimum atomic E-state index is -1.10. The van der Waals surface area contributed by atoms with E-state index in [1.54, 1.807) is 7.05 Å². The summed E-state index contributed by atoms with van der Waals surface area (Å²) in [5, 5.41) is 18.1. The van der Waals surface area contributed by atoms with E-state index in [4.69, 9.17) is 5.11 Å². The number of nitrogens with zero attached hydrogens (tertiary/aromatic N) is 3. The molecule has 0 saturated heterocycles. The minimum Gasteiger partial charge on any atom is -0.480 e. The van der Waals surface area contributed by atoms with Crippen molar-refractivity contribution in [3.63, 3.8) is 0 Å². The molecule has 2 amide bonds. The average Bonchev–Trinajstić information content (AvgIpc) is 2.66. The molecule has 0 aliphatic heterocycles. The topological polar surface area (TPSA) is 109 Å². The zero-order valence-electron chi connectivity index (χ0n) is 10.0. The SMILES string of the molecule is Cn1cnc(CNC(=O)NC2(C(=O)O)CCC2)n1. The van der Waals surface area contributed by atoms with E-state index in [0.717, 1.165) is 6.42 Å². The molecule has 0 radical (unpaired) electrons. The number of aryl methyl sites for hydroxylation is 1. The molecule has 3 N–H and O–H groups in total.